The predicted molar refractivity (Wildman–Crippen MR) is 204 cm³/mol. The number of hydrogen-bond donors (Lipinski definition) is 0. The Bertz CT molecular complexity index is 1950. The molecular formula is C44H53O3P-2. The molecule has 0 amide bonds. The molecule has 0 N–H and O–H groups in total. The van der Waals surface area contributed by atoms with Crippen LogP contribution in [-0.2, 0) is 0 Å². The molecule has 0 aliphatic heterocycles. The van der Waals surface area contributed by atoms with Gasteiger partial charge in [-0.05, 0) is 125 Å². The maximum absolute atomic E-state index is 12.2. The molecule has 0 spiro atoms. The summed E-state index contributed by atoms with van der Waals surface area (Å²) in [6, 6.07) is 24.6. The van der Waals surface area contributed by atoms with Crippen molar-refractivity contribution in [1.82, 2.24) is 0 Å². The normalized spacial score (nSPS) is 12.4. The van der Waals surface area contributed by atoms with Crippen LogP contribution in [0.4, 0.5) is 0 Å². The summed E-state index contributed by atoms with van der Waals surface area (Å²) in [6.45, 7) is 27.0. The topological polar surface area (TPSA) is 55.3 Å². The third-order valence-corrected chi connectivity index (χ3v) is 10.3. The minimum Gasteiger partial charge on any atom is -0.810 e. The van der Waals surface area contributed by atoms with Gasteiger partial charge in [-0.15, -0.1) is 0 Å². The van der Waals surface area contributed by atoms with E-state index in [4.69, 9.17) is 4.52 Å². The van der Waals surface area contributed by atoms with Gasteiger partial charge in [-0.1, -0.05) is 140 Å². The first-order chi connectivity index (χ1) is 22.6. The molecular weight excluding hydrogens is 607 g/mol. The fourth-order valence-corrected chi connectivity index (χ4v) is 7.49. The molecule has 0 atom stereocenters. The zero-order valence-corrected chi connectivity index (χ0v) is 31.9. The summed E-state index contributed by atoms with van der Waals surface area (Å²) in [5.41, 5.74) is 11.7. The number of hydrogen-bond acceptors (Lipinski definition) is 3. The van der Waals surface area contributed by atoms with E-state index in [1.165, 1.54) is 54.9 Å². The maximum Gasteiger partial charge on any atom is 0.128 e. The van der Waals surface area contributed by atoms with Crippen molar-refractivity contribution in [2.75, 3.05) is 0 Å². The van der Waals surface area contributed by atoms with Gasteiger partial charge in [0.2, 0.25) is 0 Å². The standard InChI is InChI=1S/C44H53O3P/c1-24(2)30-16-32-20-37(28(9)10)41(22-39(32)35(18-30)26(5)6)34-14-13-15-43(47-48(45)46)44(34)42-23-40-33(21-38(42)29(11)12)17-31(25(3)4)19-36(40)27(7)8/h13-29H,1-12H3/q-2. The predicted octanol–water partition coefficient (Wildman–Crippen LogP) is 12.4. The first kappa shape index (κ1) is 36.1. The highest BCUT2D eigenvalue weighted by Gasteiger charge is 2.24. The summed E-state index contributed by atoms with van der Waals surface area (Å²) in [5, 5.41) is 4.92. The van der Waals surface area contributed by atoms with Crippen LogP contribution in [0.25, 0.3) is 43.8 Å². The van der Waals surface area contributed by atoms with Crippen molar-refractivity contribution in [2.45, 2.75) is 119 Å². The Labute approximate surface area is 290 Å². The van der Waals surface area contributed by atoms with E-state index in [-0.39, 0.29) is 11.8 Å². The van der Waals surface area contributed by atoms with Crippen molar-refractivity contribution in [2.24, 2.45) is 0 Å². The van der Waals surface area contributed by atoms with Crippen LogP contribution >= 0.6 is 8.60 Å². The molecule has 0 heterocycles. The fraction of sp³-hybridized carbons (Fsp3) is 0.409. The van der Waals surface area contributed by atoms with Crippen molar-refractivity contribution in [3.8, 4) is 28.0 Å². The highest BCUT2D eigenvalue weighted by Crippen LogP contribution is 2.49. The van der Waals surface area contributed by atoms with Crippen molar-refractivity contribution in [1.29, 1.82) is 0 Å². The summed E-state index contributed by atoms with van der Waals surface area (Å²) < 4.78 is 5.68. The van der Waals surface area contributed by atoms with Crippen LogP contribution in [0, 0.1) is 0 Å². The molecule has 0 radical (unpaired) electrons. The lowest BCUT2D eigenvalue weighted by atomic mass is 9.80. The monoisotopic (exact) mass is 660 g/mol. The quantitative estimate of drug-likeness (QED) is 0.140. The minimum absolute atomic E-state index is 0.194. The molecule has 0 aliphatic rings. The van der Waals surface area contributed by atoms with E-state index in [2.05, 4.69) is 138 Å². The Hall–Kier alpha value is -3.23. The molecule has 0 saturated carbocycles. The first-order valence-corrected chi connectivity index (χ1v) is 18.9. The fourth-order valence-electron chi connectivity index (χ4n) is 7.18. The summed E-state index contributed by atoms with van der Waals surface area (Å²) in [5.74, 6) is 2.32. The van der Waals surface area contributed by atoms with Crippen LogP contribution in [0.2, 0.25) is 0 Å². The Morgan fingerprint density at radius 3 is 1.31 bits per heavy atom. The molecule has 254 valence electrons. The molecule has 5 aromatic rings. The van der Waals surface area contributed by atoms with Gasteiger partial charge in [-0.3, -0.25) is 0 Å². The van der Waals surface area contributed by atoms with Crippen LogP contribution in [0.3, 0.4) is 0 Å². The summed E-state index contributed by atoms with van der Waals surface area (Å²) in [4.78, 5) is 24.5. The van der Waals surface area contributed by atoms with Crippen LogP contribution < -0.4 is 14.3 Å². The molecule has 0 saturated heterocycles. The van der Waals surface area contributed by atoms with Crippen molar-refractivity contribution < 1.29 is 14.3 Å². The van der Waals surface area contributed by atoms with Gasteiger partial charge in [0, 0.05) is 5.56 Å². The highest BCUT2D eigenvalue weighted by atomic mass is 31.2. The Kier molecular flexibility index (Phi) is 10.8. The number of rotatable bonds is 10. The van der Waals surface area contributed by atoms with Gasteiger partial charge >= 0.3 is 0 Å². The van der Waals surface area contributed by atoms with E-state index in [9.17, 15) is 9.79 Å². The van der Waals surface area contributed by atoms with E-state index < -0.39 is 8.60 Å². The third kappa shape index (κ3) is 7.07. The zero-order valence-electron chi connectivity index (χ0n) is 31.0. The van der Waals surface area contributed by atoms with Crippen LogP contribution in [0.1, 0.15) is 152 Å². The molecule has 0 fully saturated rings. The van der Waals surface area contributed by atoms with E-state index in [1.807, 2.05) is 6.07 Å². The Balaban J connectivity index is 1.94. The van der Waals surface area contributed by atoms with Gasteiger partial charge in [-0.2, -0.15) is 0 Å². The first-order valence-electron chi connectivity index (χ1n) is 17.8. The molecule has 4 heteroatoms. The zero-order chi connectivity index (χ0) is 35.2. The second-order valence-electron chi connectivity index (χ2n) is 15.5. The molecule has 5 aromatic carbocycles. The van der Waals surface area contributed by atoms with Crippen LogP contribution in [0.15, 0.2) is 66.7 Å². The Morgan fingerprint density at radius 2 is 0.896 bits per heavy atom. The second kappa shape index (κ2) is 14.3. The van der Waals surface area contributed by atoms with Crippen molar-refractivity contribution in [3.05, 3.63) is 100 Å². The summed E-state index contributed by atoms with van der Waals surface area (Å²) in [7, 11) is -3.12. The van der Waals surface area contributed by atoms with E-state index in [0.29, 0.717) is 29.4 Å². The smallest absolute Gasteiger partial charge is 0.128 e. The molecule has 0 bridgehead atoms. The van der Waals surface area contributed by atoms with E-state index >= 15 is 0 Å². The molecule has 0 aromatic heterocycles. The van der Waals surface area contributed by atoms with Gasteiger partial charge in [0.25, 0.3) is 0 Å². The number of benzene rings is 5. The SMILES string of the molecule is CC(C)c1cc(C(C)C)c2cc(-c3cccc(OP([O-])[O-])c3-c3cc4c(C(C)C)cc(C(C)C)cc4cc3C(C)C)c(C(C)C)cc2c1. The molecule has 5 rings (SSSR count). The van der Waals surface area contributed by atoms with Gasteiger partial charge in [0.05, 0.1) is 0 Å². The summed E-state index contributed by atoms with van der Waals surface area (Å²) in [6.07, 6.45) is 0. The number of fused-ring (bicyclic) bond motifs is 2. The van der Waals surface area contributed by atoms with Gasteiger partial charge < -0.3 is 14.3 Å². The lowest BCUT2D eigenvalue weighted by Crippen LogP contribution is -2.13. The Morgan fingerprint density at radius 1 is 0.458 bits per heavy atom. The summed E-state index contributed by atoms with van der Waals surface area (Å²) >= 11 is 0. The van der Waals surface area contributed by atoms with E-state index in [0.717, 1.165) is 22.3 Å². The molecule has 0 aliphatic carbocycles. The van der Waals surface area contributed by atoms with Crippen molar-refractivity contribution >= 4 is 30.1 Å². The molecule has 48 heavy (non-hydrogen) atoms. The van der Waals surface area contributed by atoms with Crippen LogP contribution in [0.5, 0.6) is 5.75 Å². The average Bonchev–Trinajstić information content (AvgIpc) is 3.01. The minimum atomic E-state index is -3.12. The van der Waals surface area contributed by atoms with Gasteiger partial charge in [0.15, 0.2) is 0 Å². The third-order valence-electron chi connectivity index (χ3n) is 9.93. The van der Waals surface area contributed by atoms with Gasteiger partial charge in [0.1, 0.15) is 5.75 Å². The molecule has 0 unspecified atom stereocenters. The average molecular weight is 661 g/mol. The lowest BCUT2D eigenvalue weighted by molar-refractivity contribution is -0.310. The largest absolute Gasteiger partial charge is 0.810 e. The second-order valence-corrected chi connectivity index (χ2v) is 16.1. The van der Waals surface area contributed by atoms with Gasteiger partial charge in [-0.25, -0.2) is 0 Å². The van der Waals surface area contributed by atoms with Crippen LogP contribution in [-0.4, -0.2) is 0 Å². The molecule has 3 nitrogen and oxygen atoms in total. The van der Waals surface area contributed by atoms with Crippen molar-refractivity contribution in [3.63, 3.8) is 0 Å². The maximum atomic E-state index is 12.2. The lowest BCUT2D eigenvalue weighted by Gasteiger charge is -2.32. The van der Waals surface area contributed by atoms with E-state index in [1.54, 1.807) is 6.07 Å². The highest BCUT2D eigenvalue weighted by molar-refractivity contribution is 7.36.